The van der Waals surface area contributed by atoms with E-state index in [0.29, 0.717) is 24.8 Å². The number of likely N-dealkylation sites (tertiary alicyclic amines) is 1. The SMILES string of the molecule is Cl.NCc1nc(CN2CCC(C(=O)NCc3ccc(F)cc3)CC2)no1. The standard InChI is InChI=1S/C17H22FN5O2.ClH/c18-14-3-1-12(2-4-14)10-20-17(24)13-5-7-23(8-6-13)11-15-21-16(9-19)25-22-15;/h1-4,13H,5-11,19H2,(H,20,24);1H. The maximum absolute atomic E-state index is 12.9. The van der Waals surface area contributed by atoms with Gasteiger partial charge in [0, 0.05) is 12.5 Å². The lowest BCUT2D eigenvalue weighted by Gasteiger charge is -2.30. The summed E-state index contributed by atoms with van der Waals surface area (Å²) in [6.45, 7) is 2.88. The summed E-state index contributed by atoms with van der Waals surface area (Å²) in [5, 5.41) is 6.82. The first-order valence-corrected chi connectivity index (χ1v) is 8.40. The van der Waals surface area contributed by atoms with Crippen LogP contribution in [0.3, 0.4) is 0 Å². The number of halogens is 2. The van der Waals surface area contributed by atoms with Crippen LogP contribution in [-0.2, 0) is 24.4 Å². The average Bonchev–Trinajstić information content (AvgIpc) is 3.09. The van der Waals surface area contributed by atoms with Crippen molar-refractivity contribution in [1.29, 1.82) is 0 Å². The lowest BCUT2D eigenvalue weighted by atomic mass is 9.96. The number of nitrogens with two attached hydrogens (primary N) is 1. The highest BCUT2D eigenvalue weighted by Crippen LogP contribution is 2.19. The van der Waals surface area contributed by atoms with E-state index in [1.165, 1.54) is 12.1 Å². The van der Waals surface area contributed by atoms with Crippen LogP contribution in [0.1, 0.15) is 30.1 Å². The second-order valence-electron chi connectivity index (χ2n) is 6.20. The summed E-state index contributed by atoms with van der Waals surface area (Å²) >= 11 is 0. The molecule has 0 bridgehead atoms. The Morgan fingerprint density at radius 3 is 2.62 bits per heavy atom. The predicted molar refractivity (Wildman–Crippen MR) is 95.7 cm³/mol. The molecule has 7 nitrogen and oxygen atoms in total. The van der Waals surface area contributed by atoms with E-state index in [1.807, 2.05) is 0 Å². The maximum atomic E-state index is 12.9. The number of aromatic nitrogens is 2. The molecule has 0 aliphatic carbocycles. The van der Waals surface area contributed by atoms with Gasteiger partial charge < -0.3 is 15.6 Å². The third kappa shape index (κ3) is 5.48. The van der Waals surface area contributed by atoms with Gasteiger partial charge in [-0.1, -0.05) is 17.3 Å². The van der Waals surface area contributed by atoms with E-state index < -0.39 is 0 Å². The van der Waals surface area contributed by atoms with E-state index >= 15 is 0 Å². The Labute approximate surface area is 157 Å². The molecule has 142 valence electrons. The first kappa shape index (κ1) is 20.3. The van der Waals surface area contributed by atoms with Crippen LogP contribution in [-0.4, -0.2) is 34.0 Å². The number of nitrogens with zero attached hydrogens (tertiary/aromatic N) is 3. The van der Waals surface area contributed by atoms with E-state index in [0.717, 1.165) is 31.5 Å². The fourth-order valence-corrected chi connectivity index (χ4v) is 2.93. The number of hydrogen-bond donors (Lipinski definition) is 2. The van der Waals surface area contributed by atoms with Gasteiger partial charge in [-0.25, -0.2) is 4.39 Å². The molecule has 3 rings (SSSR count). The van der Waals surface area contributed by atoms with Crippen molar-refractivity contribution in [3.8, 4) is 0 Å². The molecule has 0 unspecified atom stereocenters. The molecule has 1 saturated heterocycles. The smallest absolute Gasteiger partial charge is 0.240 e. The quantitative estimate of drug-likeness (QED) is 0.786. The van der Waals surface area contributed by atoms with Crippen LogP contribution in [0, 0.1) is 11.7 Å². The van der Waals surface area contributed by atoms with Gasteiger partial charge in [0.25, 0.3) is 0 Å². The Bertz CT molecular complexity index is 701. The van der Waals surface area contributed by atoms with Gasteiger partial charge in [0.2, 0.25) is 11.8 Å². The molecule has 1 amide bonds. The third-order valence-corrected chi connectivity index (χ3v) is 4.39. The highest BCUT2D eigenvalue weighted by atomic mass is 35.5. The molecule has 2 aromatic rings. The lowest BCUT2D eigenvalue weighted by Crippen LogP contribution is -2.40. The Morgan fingerprint density at radius 2 is 2.00 bits per heavy atom. The summed E-state index contributed by atoms with van der Waals surface area (Å²) < 4.78 is 17.9. The van der Waals surface area contributed by atoms with Crippen LogP contribution in [0.4, 0.5) is 4.39 Å². The summed E-state index contributed by atoms with van der Waals surface area (Å²) in [7, 11) is 0. The Balaban J connectivity index is 0.00000243. The number of nitrogens with one attached hydrogen (secondary N) is 1. The van der Waals surface area contributed by atoms with Gasteiger partial charge in [0.05, 0.1) is 13.1 Å². The van der Waals surface area contributed by atoms with Gasteiger partial charge in [0.1, 0.15) is 5.82 Å². The molecule has 1 aliphatic heterocycles. The number of carbonyl (C=O) groups is 1. The van der Waals surface area contributed by atoms with Gasteiger partial charge >= 0.3 is 0 Å². The van der Waals surface area contributed by atoms with E-state index in [2.05, 4.69) is 20.4 Å². The topological polar surface area (TPSA) is 97.3 Å². The zero-order chi connectivity index (χ0) is 17.6. The van der Waals surface area contributed by atoms with E-state index in [9.17, 15) is 9.18 Å². The monoisotopic (exact) mass is 383 g/mol. The maximum Gasteiger partial charge on any atom is 0.240 e. The second kappa shape index (κ2) is 9.61. The fourth-order valence-electron chi connectivity index (χ4n) is 2.93. The number of piperidine rings is 1. The molecule has 0 atom stereocenters. The molecule has 0 saturated carbocycles. The van der Waals surface area contributed by atoms with E-state index in [4.69, 9.17) is 10.3 Å². The van der Waals surface area contributed by atoms with Crippen molar-refractivity contribution in [2.45, 2.75) is 32.5 Å². The second-order valence-corrected chi connectivity index (χ2v) is 6.20. The number of amides is 1. The van der Waals surface area contributed by atoms with Crippen molar-refractivity contribution in [3.63, 3.8) is 0 Å². The minimum atomic E-state index is -0.275. The summed E-state index contributed by atoms with van der Waals surface area (Å²) in [5.74, 6) is 0.836. The van der Waals surface area contributed by atoms with E-state index in [1.54, 1.807) is 12.1 Å². The molecular weight excluding hydrogens is 361 g/mol. The Morgan fingerprint density at radius 1 is 1.31 bits per heavy atom. The van der Waals surface area contributed by atoms with Crippen LogP contribution in [0.25, 0.3) is 0 Å². The Kier molecular flexibility index (Phi) is 7.50. The van der Waals surface area contributed by atoms with E-state index in [-0.39, 0.29) is 36.6 Å². The Hall–Kier alpha value is -2.03. The molecule has 1 aromatic carbocycles. The molecule has 0 radical (unpaired) electrons. The first-order valence-electron chi connectivity index (χ1n) is 8.40. The highest BCUT2D eigenvalue weighted by Gasteiger charge is 2.25. The minimum absolute atomic E-state index is 0. The lowest BCUT2D eigenvalue weighted by molar-refractivity contribution is -0.126. The van der Waals surface area contributed by atoms with Gasteiger partial charge in [0.15, 0.2) is 5.82 Å². The zero-order valence-corrected chi connectivity index (χ0v) is 15.2. The van der Waals surface area contributed by atoms with Crippen LogP contribution in [0.2, 0.25) is 0 Å². The summed E-state index contributed by atoms with van der Waals surface area (Å²) in [5.41, 5.74) is 6.34. The molecule has 3 N–H and O–H groups in total. The van der Waals surface area contributed by atoms with Crippen molar-refractivity contribution < 1.29 is 13.7 Å². The summed E-state index contributed by atoms with van der Waals surface area (Å²) in [6.07, 6.45) is 1.58. The van der Waals surface area contributed by atoms with Gasteiger partial charge in [-0.3, -0.25) is 9.69 Å². The number of rotatable bonds is 6. The molecule has 1 fully saturated rings. The number of hydrogen-bond acceptors (Lipinski definition) is 6. The minimum Gasteiger partial charge on any atom is -0.352 e. The molecule has 0 spiro atoms. The van der Waals surface area contributed by atoms with Gasteiger partial charge in [-0.15, -0.1) is 12.4 Å². The van der Waals surface area contributed by atoms with Crippen molar-refractivity contribution in [2.24, 2.45) is 11.7 Å². The van der Waals surface area contributed by atoms with Crippen LogP contribution < -0.4 is 11.1 Å². The highest BCUT2D eigenvalue weighted by molar-refractivity contribution is 5.85. The van der Waals surface area contributed by atoms with Crippen molar-refractivity contribution in [2.75, 3.05) is 13.1 Å². The number of benzene rings is 1. The van der Waals surface area contributed by atoms with Gasteiger partial charge in [-0.05, 0) is 43.6 Å². The molecule has 26 heavy (non-hydrogen) atoms. The zero-order valence-electron chi connectivity index (χ0n) is 14.4. The van der Waals surface area contributed by atoms with Crippen molar-refractivity contribution in [1.82, 2.24) is 20.4 Å². The van der Waals surface area contributed by atoms with Crippen molar-refractivity contribution in [3.05, 3.63) is 47.4 Å². The van der Waals surface area contributed by atoms with Crippen LogP contribution in [0.5, 0.6) is 0 Å². The van der Waals surface area contributed by atoms with Crippen LogP contribution in [0.15, 0.2) is 28.8 Å². The molecule has 9 heteroatoms. The van der Waals surface area contributed by atoms with Crippen molar-refractivity contribution >= 4 is 18.3 Å². The van der Waals surface area contributed by atoms with Gasteiger partial charge in [-0.2, -0.15) is 4.98 Å². The summed E-state index contributed by atoms with van der Waals surface area (Å²) in [4.78, 5) is 18.7. The summed E-state index contributed by atoms with van der Waals surface area (Å²) in [6, 6.07) is 6.15. The molecule has 2 heterocycles. The first-order chi connectivity index (χ1) is 12.1. The normalized spacial score (nSPS) is 15.5. The third-order valence-electron chi connectivity index (χ3n) is 4.39. The van der Waals surface area contributed by atoms with Crippen LogP contribution >= 0.6 is 12.4 Å². The largest absolute Gasteiger partial charge is 0.352 e. The molecule has 1 aliphatic rings. The molecule has 1 aromatic heterocycles. The predicted octanol–water partition coefficient (Wildman–Crippen LogP) is 1.62. The average molecular weight is 384 g/mol. The fraction of sp³-hybridized carbons (Fsp3) is 0.471. The molecular formula is C17H23ClFN5O2. The number of carbonyl (C=O) groups excluding carboxylic acids is 1.